The highest BCUT2D eigenvalue weighted by Crippen LogP contribution is 2.30. The summed E-state index contributed by atoms with van der Waals surface area (Å²) in [5.74, 6) is 0.391. The fourth-order valence-corrected chi connectivity index (χ4v) is 3.23. The Labute approximate surface area is 135 Å². The average molecular weight is 354 g/mol. The monoisotopic (exact) mass is 353 g/mol. The third-order valence-electron chi connectivity index (χ3n) is 3.80. The molecule has 2 rings (SSSR count). The minimum Gasteiger partial charge on any atom is -0.368 e. The van der Waals surface area contributed by atoms with Gasteiger partial charge in [0.1, 0.15) is 6.04 Å². The highest BCUT2D eigenvalue weighted by atomic mass is 79.9. The molecular weight excluding hydrogens is 330 g/mol. The topological polar surface area (TPSA) is 58.4 Å². The van der Waals surface area contributed by atoms with Crippen LogP contribution in [0.5, 0.6) is 0 Å². The summed E-state index contributed by atoms with van der Waals surface area (Å²) in [7, 11) is 0. The van der Waals surface area contributed by atoms with Crippen molar-refractivity contribution in [2.24, 2.45) is 11.7 Å². The van der Waals surface area contributed by atoms with Crippen molar-refractivity contribution >= 4 is 27.5 Å². The number of nitrogens with zero attached hydrogens (tertiary/aromatic N) is 1. The Balaban J connectivity index is 2.19. The van der Waals surface area contributed by atoms with Gasteiger partial charge in [-0.05, 0) is 49.1 Å². The number of amides is 1. The smallest absolute Gasteiger partial charge is 0.240 e. The van der Waals surface area contributed by atoms with E-state index in [1.54, 1.807) is 0 Å². The SMILES string of the molecule is CC(C)CNCc1cc(Br)ccc1N1CCCC1C(N)=O. The zero-order chi connectivity index (χ0) is 15.4. The Bertz CT molecular complexity index is 504. The van der Waals surface area contributed by atoms with Crippen molar-refractivity contribution in [2.75, 3.05) is 18.0 Å². The molecule has 1 aromatic carbocycles. The second-order valence-electron chi connectivity index (χ2n) is 6.05. The summed E-state index contributed by atoms with van der Waals surface area (Å²) in [4.78, 5) is 13.8. The van der Waals surface area contributed by atoms with Crippen LogP contribution in [0.3, 0.4) is 0 Å². The number of hydrogen-bond donors (Lipinski definition) is 2. The molecule has 0 radical (unpaired) electrons. The maximum Gasteiger partial charge on any atom is 0.240 e. The minimum absolute atomic E-state index is 0.171. The molecule has 0 bridgehead atoms. The predicted molar refractivity (Wildman–Crippen MR) is 90.2 cm³/mol. The fourth-order valence-electron chi connectivity index (χ4n) is 2.82. The number of nitrogens with two attached hydrogens (primary N) is 1. The maximum atomic E-state index is 11.6. The number of carbonyl (C=O) groups is 1. The minimum atomic E-state index is -0.225. The van der Waals surface area contributed by atoms with Crippen molar-refractivity contribution in [2.45, 2.75) is 39.3 Å². The number of nitrogens with one attached hydrogen (secondary N) is 1. The number of carbonyl (C=O) groups excluding carboxylic acids is 1. The summed E-state index contributed by atoms with van der Waals surface area (Å²) in [6.07, 6.45) is 1.87. The van der Waals surface area contributed by atoms with Crippen LogP contribution in [0.15, 0.2) is 22.7 Å². The third kappa shape index (κ3) is 4.20. The molecule has 1 fully saturated rings. The Morgan fingerprint density at radius 1 is 1.52 bits per heavy atom. The van der Waals surface area contributed by atoms with E-state index in [1.807, 2.05) is 6.07 Å². The lowest BCUT2D eigenvalue weighted by atomic mass is 10.1. The highest BCUT2D eigenvalue weighted by Gasteiger charge is 2.30. The molecule has 4 nitrogen and oxygen atoms in total. The molecule has 1 aliphatic heterocycles. The zero-order valence-electron chi connectivity index (χ0n) is 12.7. The van der Waals surface area contributed by atoms with Gasteiger partial charge >= 0.3 is 0 Å². The van der Waals surface area contributed by atoms with Crippen molar-refractivity contribution in [3.05, 3.63) is 28.2 Å². The number of benzene rings is 1. The number of anilines is 1. The first kappa shape index (κ1) is 16.3. The fraction of sp³-hybridized carbons (Fsp3) is 0.562. The van der Waals surface area contributed by atoms with Crippen molar-refractivity contribution < 1.29 is 4.79 Å². The van der Waals surface area contributed by atoms with Gasteiger partial charge in [-0.3, -0.25) is 4.79 Å². The van der Waals surface area contributed by atoms with E-state index in [0.29, 0.717) is 5.92 Å². The van der Waals surface area contributed by atoms with Crippen LogP contribution in [0.2, 0.25) is 0 Å². The van der Waals surface area contributed by atoms with Crippen molar-refractivity contribution in [1.29, 1.82) is 0 Å². The van der Waals surface area contributed by atoms with Gasteiger partial charge in [-0.25, -0.2) is 0 Å². The second-order valence-corrected chi connectivity index (χ2v) is 6.97. The number of primary amides is 1. The molecule has 3 N–H and O–H groups in total. The van der Waals surface area contributed by atoms with Gasteiger partial charge in [-0.15, -0.1) is 0 Å². The van der Waals surface area contributed by atoms with Crippen LogP contribution < -0.4 is 16.0 Å². The normalized spacial score (nSPS) is 18.5. The van der Waals surface area contributed by atoms with Crippen LogP contribution in [0.1, 0.15) is 32.3 Å². The molecule has 1 aromatic rings. The van der Waals surface area contributed by atoms with Gasteiger partial charge in [0.25, 0.3) is 0 Å². The lowest BCUT2D eigenvalue weighted by Crippen LogP contribution is -2.41. The van der Waals surface area contributed by atoms with Crippen LogP contribution >= 0.6 is 15.9 Å². The first-order chi connectivity index (χ1) is 9.99. The molecule has 0 spiro atoms. The molecule has 116 valence electrons. The highest BCUT2D eigenvalue weighted by molar-refractivity contribution is 9.10. The third-order valence-corrected chi connectivity index (χ3v) is 4.29. The number of hydrogen-bond acceptors (Lipinski definition) is 3. The Morgan fingerprint density at radius 3 is 2.95 bits per heavy atom. The van der Waals surface area contributed by atoms with Gasteiger partial charge in [-0.2, -0.15) is 0 Å². The predicted octanol–water partition coefficient (Wildman–Crippen LogP) is 2.65. The average Bonchev–Trinajstić information content (AvgIpc) is 2.87. The molecular formula is C16H24BrN3O. The van der Waals surface area contributed by atoms with E-state index in [4.69, 9.17) is 5.73 Å². The molecule has 1 saturated heterocycles. The van der Waals surface area contributed by atoms with Crippen molar-refractivity contribution in [3.63, 3.8) is 0 Å². The molecule has 1 amide bonds. The lowest BCUT2D eigenvalue weighted by molar-refractivity contribution is -0.119. The first-order valence-electron chi connectivity index (χ1n) is 7.54. The van der Waals surface area contributed by atoms with Gasteiger partial charge in [0.05, 0.1) is 0 Å². The Kier molecular flexibility index (Phi) is 5.65. The van der Waals surface area contributed by atoms with E-state index in [-0.39, 0.29) is 11.9 Å². The van der Waals surface area contributed by atoms with Crippen LogP contribution in [-0.4, -0.2) is 25.0 Å². The molecule has 0 aromatic heterocycles. The van der Waals surface area contributed by atoms with E-state index in [1.165, 1.54) is 5.56 Å². The van der Waals surface area contributed by atoms with Gasteiger partial charge in [0, 0.05) is 23.2 Å². The lowest BCUT2D eigenvalue weighted by Gasteiger charge is -2.27. The molecule has 1 atom stereocenters. The summed E-state index contributed by atoms with van der Waals surface area (Å²) >= 11 is 3.53. The Hall–Kier alpha value is -1.07. The molecule has 1 heterocycles. The Morgan fingerprint density at radius 2 is 2.29 bits per heavy atom. The quantitative estimate of drug-likeness (QED) is 0.826. The molecule has 1 aliphatic rings. The standard InChI is InChI=1S/C16H24BrN3O/c1-11(2)9-19-10-12-8-13(17)5-6-14(12)20-7-3-4-15(20)16(18)21/h5-6,8,11,15,19H,3-4,7,9-10H2,1-2H3,(H2,18,21). The summed E-state index contributed by atoms with van der Waals surface area (Å²) in [6.45, 7) is 7.06. The summed E-state index contributed by atoms with van der Waals surface area (Å²) in [5, 5.41) is 3.47. The summed E-state index contributed by atoms with van der Waals surface area (Å²) in [6, 6.07) is 6.06. The first-order valence-corrected chi connectivity index (χ1v) is 8.33. The van der Waals surface area contributed by atoms with Crippen LogP contribution in [-0.2, 0) is 11.3 Å². The largest absolute Gasteiger partial charge is 0.368 e. The number of rotatable bonds is 6. The van der Waals surface area contributed by atoms with E-state index in [9.17, 15) is 4.79 Å². The molecule has 0 aliphatic carbocycles. The van der Waals surface area contributed by atoms with E-state index >= 15 is 0 Å². The number of halogens is 1. The van der Waals surface area contributed by atoms with Crippen LogP contribution in [0.25, 0.3) is 0 Å². The molecule has 1 unspecified atom stereocenters. The van der Waals surface area contributed by atoms with E-state index in [2.05, 4.69) is 52.1 Å². The van der Waals surface area contributed by atoms with E-state index in [0.717, 1.165) is 42.6 Å². The second kappa shape index (κ2) is 7.27. The zero-order valence-corrected chi connectivity index (χ0v) is 14.3. The molecule has 21 heavy (non-hydrogen) atoms. The molecule has 5 heteroatoms. The van der Waals surface area contributed by atoms with Crippen LogP contribution in [0.4, 0.5) is 5.69 Å². The molecule has 0 saturated carbocycles. The van der Waals surface area contributed by atoms with E-state index < -0.39 is 0 Å². The van der Waals surface area contributed by atoms with Gasteiger partial charge in [0.2, 0.25) is 5.91 Å². The summed E-state index contributed by atoms with van der Waals surface area (Å²) in [5.41, 5.74) is 7.87. The van der Waals surface area contributed by atoms with Crippen LogP contribution in [0, 0.1) is 5.92 Å². The maximum absolute atomic E-state index is 11.6. The summed E-state index contributed by atoms with van der Waals surface area (Å²) < 4.78 is 1.06. The van der Waals surface area contributed by atoms with Gasteiger partial charge < -0.3 is 16.0 Å². The van der Waals surface area contributed by atoms with Gasteiger partial charge in [0.15, 0.2) is 0 Å². The van der Waals surface area contributed by atoms with Crippen molar-refractivity contribution in [1.82, 2.24) is 5.32 Å². The van der Waals surface area contributed by atoms with Crippen molar-refractivity contribution in [3.8, 4) is 0 Å². The van der Waals surface area contributed by atoms with Gasteiger partial charge in [-0.1, -0.05) is 29.8 Å².